The van der Waals surface area contributed by atoms with Crippen LogP contribution in [-0.4, -0.2) is 32.2 Å². The molecule has 0 atom stereocenters. The summed E-state index contributed by atoms with van der Waals surface area (Å²) in [6.07, 6.45) is 3.54. The van der Waals surface area contributed by atoms with Crippen LogP contribution in [0.2, 0.25) is 0 Å². The molecule has 1 rings (SSSR count). The summed E-state index contributed by atoms with van der Waals surface area (Å²) < 4.78 is 10.8. The van der Waals surface area contributed by atoms with E-state index in [1.807, 2.05) is 18.4 Å². The highest BCUT2D eigenvalue weighted by molar-refractivity contribution is 7.98. The van der Waals surface area contributed by atoms with Crippen molar-refractivity contribution in [1.82, 2.24) is 0 Å². The van der Waals surface area contributed by atoms with E-state index in [4.69, 9.17) is 14.6 Å². The van der Waals surface area contributed by atoms with Gasteiger partial charge in [0.2, 0.25) is 0 Å². The van der Waals surface area contributed by atoms with Gasteiger partial charge in [0.05, 0.1) is 19.1 Å². The molecule has 0 fully saturated rings. The standard InChI is InChI=1S/C12H18O3S/c1-14-11-9(5-4-8-13)6-7-10(16-3)12(11)15-2/h6-7,13H,4-5,8H2,1-3H3. The fourth-order valence-electron chi connectivity index (χ4n) is 1.63. The van der Waals surface area contributed by atoms with Crippen molar-refractivity contribution in [2.45, 2.75) is 17.7 Å². The molecule has 4 heteroatoms. The van der Waals surface area contributed by atoms with Gasteiger partial charge >= 0.3 is 0 Å². The van der Waals surface area contributed by atoms with Crippen molar-refractivity contribution >= 4 is 11.8 Å². The SMILES string of the molecule is COc1c(CCCO)ccc(SC)c1OC. The van der Waals surface area contributed by atoms with Crippen LogP contribution in [0.1, 0.15) is 12.0 Å². The molecular formula is C12H18O3S. The predicted molar refractivity (Wildman–Crippen MR) is 66.7 cm³/mol. The molecule has 3 nitrogen and oxygen atoms in total. The molecule has 0 spiro atoms. The van der Waals surface area contributed by atoms with Gasteiger partial charge in [-0.1, -0.05) is 6.07 Å². The average Bonchev–Trinajstić information content (AvgIpc) is 2.34. The van der Waals surface area contributed by atoms with Crippen LogP contribution in [0.15, 0.2) is 17.0 Å². The summed E-state index contributed by atoms with van der Waals surface area (Å²) >= 11 is 1.63. The molecule has 1 N–H and O–H groups in total. The predicted octanol–water partition coefficient (Wildman–Crippen LogP) is 2.35. The maximum absolute atomic E-state index is 8.84. The van der Waals surface area contributed by atoms with Gasteiger partial charge in [-0.2, -0.15) is 0 Å². The summed E-state index contributed by atoms with van der Waals surface area (Å²) in [6.45, 7) is 0.190. The van der Waals surface area contributed by atoms with Crippen molar-refractivity contribution in [3.05, 3.63) is 17.7 Å². The molecule has 0 aliphatic heterocycles. The Morgan fingerprint density at radius 3 is 2.38 bits per heavy atom. The quantitative estimate of drug-likeness (QED) is 0.777. The summed E-state index contributed by atoms with van der Waals surface area (Å²) in [5.74, 6) is 1.56. The molecule has 0 unspecified atom stereocenters. The normalized spacial score (nSPS) is 10.2. The van der Waals surface area contributed by atoms with Crippen LogP contribution in [0.4, 0.5) is 0 Å². The number of ether oxygens (including phenoxy) is 2. The van der Waals surface area contributed by atoms with Crippen molar-refractivity contribution < 1.29 is 14.6 Å². The van der Waals surface area contributed by atoms with Gasteiger partial charge in [0, 0.05) is 6.61 Å². The molecule has 0 bridgehead atoms. The largest absolute Gasteiger partial charge is 0.493 e. The zero-order valence-electron chi connectivity index (χ0n) is 9.95. The van der Waals surface area contributed by atoms with Crippen LogP contribution < -0.4 is 9.47 Å². The Balaban J connectivity index is 3.10. The number of aliphatic hydroxyl groups excluding tert-OH is 1. The minimum Gasteiger partial charge on any atom is -0.493 e. The van der Waals surface area contributed by atoms with Gasteiger partial charge in [-0.25, -0.2) is 0 Å². The first-order chi connectivity index (χ1) is 7.78. The number of methoxy groups -OCH3 is 2. The van der Waals surface area contributed by atoms with Crippen molar-refractivity contribution in [1.29, 1.82) is 0 Å². The maximum Gasteiger partial charge on any atom is 0.174 e. The number of aryl methyl sites for hydroxylation is 1. The average molecular weight is 242 g/mol. The number of hydrogen-bond donors (Lipinski definition) is 1. The topological polar surface area (TPSA) is 38.7 Å². The third kappa shape index (κ3) is 2.83. The molecule has 0 aliphatic carbocycles. The highest BCUT2D eigenvalue weighted by Gasteiger charge is 2.13. The molecule has 0 amide bonds. The summed E-state index contributed by atoms with van der Waals surface area (Å²) in [5, 5.41) is 8.84. The Labute approximate surface area is 101 Å². The van der Waals surface area contributed by atoms with E-state index in [0.717, 1.165) is 34.8 Å². The zero-order valence-corrected chi connectivity index (χ0v) is 10.8. The highest BCUT2D eigenvalue weighted by atomic mass is 32.2. The molecule has 0 aliphatic rings. The third-order valence-corrected chi connectivity index (χ3v) is 3.15. The van der Waals surface area contributed by atoms with Gasteiger partial charge in [-0.3, -0.25) is 0 Å². The zero-order chi connectivity index (χ0) is 12.0. The van der Waals surface area contributed by atoms with Crippen LogP contribution in [0, 0.1) is 0 Å². The highest BCUT2D eigenvalue weighted by Crippen LogP contribution is 2.39. The van der Waals surface area contributed by atoms with Gasteiger partial charge in [0.25, 0.3) is 0 Å². The molecule has 1 aromatic carbocycles. The van der Waals surface area contributed by atoms with Gasteiger partial charge in [-0.05, 0) is 30.7 Å². The molecular weight excluding hydrogens is 224 g/mol. The minimum atomic E-state index is 0.190. The lowest BCUT2D eigenvalue weighted by Gasteiger charge is -2.15. The Hall–Kier alpha value is -0.870. The third-order valence-electron chi connectivity index (χ3n) is 2.39. The smallest absolute Gasteiger partial charge is 0.174 e. The van der Waals surface area contributed by atoms with Crippen LogP contribution in [0.3, 0.4) is 0 Å². The van der Waals surface area contributed by atoms with E-state index in [-0.39, 0.29) is 6.61 Å². The Morgan fingerprint density at radius 1 is 1.19 bits per heavy atom. The van der Waals surface area contributed by atoms with Crippen LogP contribution in [-0.2, 0) is 6.42 Å². The number of aliphatic hydroxyl groups is 1. The van der Waals surface area contributed by atoms with E-state index in [1.165, 1.54) is 0 Å². The van der Waals surface area contributed by atoms with E-state index in [1.54, 1.807) is 26.0 Å². The van der Waals surface area contributed by atoms with Crippen molar-refractivity contribution in [3.8, 4) is 11.5 Å². The monoisotopic (exact) mass is 242 g/mol. The molecule has 0 saturated heterocycles. The molecule has 0 saturated carbocycles. The second kappa shape index (κ2) is 6.66. The second-order valence-electron chi connectivity index (χ2n) is 3.32. The lowest BCUT2D eigenvalue weighted by molar-refractivity contribution is 0.287. The first-order valence-electron chi connectivity index (χ1n) is 5.17. The molecule has 1 aromatic rings. The minimum absolute atomic E-state index is 0.190. The first kappa shape index (κ1) is 13.2. The van der Waals surface area contributed by atoms with Gasteiger partial charge in [-0.15, -0.1) is 11.8 Å². The first-order valence-corrected chi connectivity index (χ1v) is 6.39. The van der Waals surface area contributed by atoms with Gasteiger partial charge in [0.15, 0.2) is 11.5 Å². The molecule has 0 aromatic heterocycles. The van der Waals surface area contributed by atoms with E-state index in [9.17, 15) is 0 Å². The molecule has 90 valence electrons. The fourth-order valence-corrected chi connectivity index (χ4v) is 2.20. The lowest BCUT2D eigenvalue weighted by atomic mass is 10.1. The fraction of sp³-hybridized carbons (Fsp3) is 0.500. The second-order valence-corrected chi connectivity index (χ2v) is 4.17. The van der Waals surface area contributed by atoms with Crippen molar-refractivity contribution in [3.63, 3.8) is 0 Å². The summed E-state index contributed by atoms with van der Waals surface area (Å²) in [6, 6.07) is 4.06. The lowest BCUT2D eigenvalue weighted by Crippen LogP contribution is -1.99. The van der Waals surface area contributed by atoms with Crippen molar-refractivity contribution in [2.75, 3.05) is 27.1 Å². The van der Waals surface area contributed by atoms with Crippen LogP contribution in [0.25, 0.3) is 0 Å². The number of benzene rings is 1. The van der Waals surface area contributed by atoms with Gasteiger partial charge < -0.3 is 14.6 Å². The molecule has 0 heterocycles. The number of thioether (sulfide) groups is 1. The molecule has 16 heavy (non-hydrogen) atoms. The van der Waals surface area contributed by atoms with E-state index in [2.05, 4.69) is 0 Å². The van der Waals surface area contributed by atoms with E-state index in [0.29, 0.717) is 0 Å². The Morgan fingerprint density at radius 2 is 1.88 bits per heavy atom. The van der Waals surface area contributed by atoms with Crippen LogP contribution in [0.5, 0.6) is 11.5 Å². The Bertz CT molecular complexity index is 339. The van der Waals surface area contributed by atoms with Gasteiger partial charge in [0.1, 0.15) is 0 Å². The Kier molecular flexibility index (Phi) is 5.49. The summed E-state index contributed by atoms with van der Waals surface area (Å²) in [4.78, 5) is 1.06. The maximum atomic E-state index is 8.84. The molecule has 0 radical (unpaired) electrons. The van der Waals surface area contributed by atoms with Crippen LogP contribution >= 0.6 is 11.8 Å². The van der Waals surface area contributed by atoms with E-state index < -0.39 is 0 Å². The number of hydrogen-bond acceptors (Lipinski definition) is 4. The summed E-state index contributed by atoms with van der Waals surface area (Å²) in [5.41, 5.74) is 1.08. The number of rotatable bonds is 6. The van der Waals surface area contributed by atoms with Crippen molar-refractivity contribution in [2.24, 2.45) is 0 Å². The van der Waals surface area contributed by atoms with E-state index >= 15 is 0 Å². The summed E-state index contributed by atoms with van der Waals surface area (Å²) in [7, 11) is 3.29.